The van der Waals surface area contributed by atoms with Gasteiger partial charge in [0.05, 0.1) is 6.04 Å². The molecule has 0 unspecified atom stereocenters. The van der Waals surface area contributed by atoms with Crippen molar-refractivity contribution >= 4 is 17.5 Å². The maximum atomic E-state index is 12.7. The number of anilines is 1. The molecule has 0 aromatic heterocycles. The monoisotopic (exact) mass is 350 g/mol. The Bertz CT molecular complexity index is 811. The van der Waals surface area contributed by atoms with Gasteiger partial charge in [0.2, 0.25) is 5.91 Å². The topological polar surface area (TPSA) is 49.4 Å². The first-order valence-corrected chi connectivity index (χ1v) is 9.28. The summed E-state index contributed by atoms with van der Waals surface area (Å²) in [7, 11) is 0. The zero-order valence-electron chi connectivity index (χ0n) is 15.7. The van der Waals surface area contributed by atoms with Crippen LogP contribution in [0.15, 0.2) is 42.5 Å². The maximum absolute atomic E-state index is 12.7. The summed E-state index contributed by atoms with van der Waals surface area (Å²) in [5, 5.41) is 3.14. The van der Waals surface area contributed by atoms with Crippen LogP contribution in [0.3, 0.4) is 0 Å². The van der Waals surface area contributed by atoms with Gasteiger partial charge in [-0.2, -0.15) is 0 Å². The molecule has 3 rings (SSSR count). The van der Waals surface area contributed by atoms with Gasteiger partial charge in [-0.1, -0.05) is 30.7 Å². The van der Waals surface area contributed by atoms with Crippen LogP contribution in [0.25, 0.3) is 0 Å². The first kappa shape index (κ1) is 18.2. The van der Waals surface area contributed by atoms with Crippen molar-refractivity contribution in [3.05, 3.63) is 64.7 Å². The molecule has 4 nitrogen and oxygen atoms in total. The number of nitrogens with zero attached hydrogens (tertiary/aromatic N) is 1. The Kier molecular flexibility index (Phi) is 5.40. The van der Waals surface area contributed by atoms with Crippen LogP contribution >= 0.6 is 0 Å². The van der Waals surface area contributed by atoms with Crippen LogP contribution in [0.2, 0.25) is 0 Å². The smallest absolute Gasteiger partial charge is 0.251 e. The number of carbonyl (C=O) groups excluding carboxylic acids is 2. The summed E-state index contributed by atoms with van der Waals surface area (Å²) in [6, 6.07) is 13.6. The number of hydrogen-bond acceptors (Lipinski definition) is 2. The largest absolute Gasteiger partial charge is 0.345 e. The van der Waals surface area contributed by atoms with Gasteiger partial charge < -0.3 is 10.2 Å². The molecule has 26 heavy (non-hydrogen) atoms. The molecule has 0 saturated carbocycles. The number of nitrogens with one attached hydrogen (secondary N) is 1. The second kappa shape index (κ2) is 7.73. The molecule has 1 fully saturated rings. The van der Waals surface area contributed by atoms with Crippen molar-refractivity contribution in [3.63, 3.8) is 0 Å². The molecule has 0 aliphatic carbocycles. The molecule has 1 aliphatic rings. The Balaban J connectivity index is 1.73. The van der Waals surface area contributed by atoms with Gasteiger partial charge in [0, 0.05) is 24.2 Å². The van der Waals surface area contributed by atoms with Gasteiger partial charge in [-0.3, -0.25) is 9.59 Å². The van der Waals surface area contributed by atoms with Gasteiger partial charge in [0.1, 0.15) is 0 Å². The van der Waals surface area contributed by atoms with Crippen molar-refractivity contribution in [1.29, 1.82) is 0 Å². The lowest BCUT2D eigenvalue weighted by Crippen LogP contribution is -2.29. The van der Waals surface area contributed by atoms with E-state index in [1.807, 2.05) is 12.1 Å². The molecule has 0 radical (unpaired) electrons. The number of amides is 2. The average molecular weight is 350 g/mol. The first-order chi connectivity index (χ1) is 12.5. The Morgan fingerprint density at radius 3 is 2.46 bits per heavy atom. The fraction of sp³-hybridized carbons (Fsp3) is 0.364. The quantitative estimate of drug-likeness (QED) is 0.873. The molecule has 0 spiro atoms. The lowest BCUT2D eigenvalue weighted by molar-refractivity contribution is -0.117. The normalized spacial score (nSPS) is 15.2. The summed E-state index contributed by atoms with van der Waals surface area (Å²) >= 11 is 0. The minimum atomic E-state index is -0.0869. The van der Waals surface area contributed by atoms with E-state index in [0.717, 1.165) is 30.6 Å². The molecular weight excluding hydrogens is 324 g/mol. The molecule has 1 atom stereocenters. The highest BCUT2D eigenvalue weighted by atomic mass is 16.2. The zero-order chi connectivity index (χ0) is 18.7. The fourth-order valence-electron chi connectivity index (χ4n) is 3.57. The van der Waals surface area contributed by atoms with Crippen LogP contribution in [-0.2, 0) is 4.79 Å². The minimum Gasteiger partial charge on any atom is -0.345 e. The molecule has 1 N–H and O–H groups in total. The van der Waals surface area contributed by atoms with Crippen molar-refractivity contribution in [1.82, 2.24) is 5.32 Å². The van der Waals surface area contributed by atoms with E-state index in [-0.39, 0.29) is 17.9 Å². The van der Waals surface area contributed by atoms with E-state index in [2.05, 4.69) is 44.3 Å². The SMILES string of the molecule is CC[C@@H](NC(=O)c1ccc(N2CCCC2=O)cc1)c1ccc(C)cc1C. The second-order valence-corrected chi connectivity index (χ2v) is 6.99. The maximum Gasteiger partial charge on any atom is 0.251 e. The molecule has 2 aromatic rings. The number of carbonyl (C=O) groups is 2. The fourth-order valence-corrected chi connectivity index (χ4v) is 3.57. The highest BCUT2D eigenvalue weighted by Gasteiger charge is 2.22. The van der Waals surface area contributed by atoms with Crippen molar-refractivity contribution in [2.75, 3.05) is 11.4 Å². The third kappa shape index (κ3) is 3.79. The van der Waals surface area contributed by atoms with Crippen molar-refractivity contribution in [2.24, 2.45) is 0 Å². The Hall–Kier alpha value is -2.62. The summed E-state index contributed by atoms with van der Waals surface area (Å²) in [6.07, 6.45) is 2.33. The van der Waals surface area contributed by atoms with E-state index >= 15 is 0 Å². The third-order valence-corrected chi connectivity index (χ3v) is 5.03. The lowest BCUT2D eigenvalue weighted by atomic mass is 9.97. The van der Waals surface area contributed by atoms with Gasteiger partial charge >= 0.3 is 0 Å². The minimum absolute atomic E-state index is 0.0112. The van der Waals surface area contributed by atoms with Crippen molar-refractivity contribution < 1.29 is 9.59 Å². The zero-order valence-corrected chi connectivity index (χ0v) is 15.7. The highest BCUT2D eigenvalue weighted by molar-refractivity contribution is 5.97. The lowest BCUT2D eigenvalue weighted by Gasteiger charge is -2.20. The Morgan fingerprint density at radius 1 is 1.15 bits per heavy atom. The predicted octanol–water partition coefficient (Wildman–Crippen LogP) is 4.31. The summed E-state index contributed by atoms with van der Waals surface area (Å²) < 4.78 is 0. The van der Waals surface area contributed by atoms with Gasteiger partial charge in [-0.25, -0.2) is 0 Å². The Labute approximate surface area is 155 Å². The summed E-state index contributed by atoms with van der Waals surface area (Å²) in [5.41, 5.74) is 5.05. The molecule has 2 aromatic carbocycles. The van der Waals surface area contributed by atoms with E-state index in [9.17, 15) is 9.59 Å². The Morgan fingerprint density at radius 2 is 1.88 bits per heavy atom. The molecule has 1 saturated heterocycles. The van der Waals surface area contributed by atoms with Gasteiger partial charge in [0.25, 0.3) is 5.91 Å². The summed E-state index contributed by atoms with van der Waals surface area (Å²) in [4.78, 5) is 26.3. The van der Waals surface area contributed by atoms with Crippen LogP contribution in [0, 0.1) is 13.8 Å². The van der Waals surface area contributed by atoms with Gasteiger partial charge in [0.15, 0.2) is 0 Å². The first-order valence-electron chi connectivity index (χ1n) is 9.28. The van der Waals surface area contributed by atoms with Crippen molar-refractivity contribution in [2.45, 2.75) is 46.1 Å². The van der Waals surface area contributed by atoms with Crippen LogP contribution in [0.5, 0.6) is 0 Å². The van der Waals surface area contributed by atoms with E-state index in [4.69, 9.17) is 0 Å². The number of benzene rings is 2. The van der Waals surface area contributed by atoms with E-state index in [0.29, 0.717) is 12.0 Å². The highest BCUT2D eigenvalue weighted by Crippen LogP contribution is 2.24. The molecule has 2 amide bonds. The van der Waals surface area contributed by atoms with Crippen molar-refractivity contribution in [3.8, 4) is 0 Å². The molecule has 136 valence electrons. The van der Waals surface area contributed by atoms with Crippen LogP contribution in [0.4, 0.5) is 5.69 Å². The van der Waals surface area contributed by atoms with Gasteiger partial charge in [-0.15, -0.1) is 0 Å². The molecule has 1 aliphatic heterocycles. The molecule has 4 heteroatoms. The number of aryl methyl sites for hydroxylation is 2. The van der Waals surface area contributed by atoms with Crippen LogP contribution in [0.1, 0.15) is 59.3 Å². The third-order valence-electron chi connectivity index (χ3n) is 5.03. The van der Waals surface area contributed by atoms with E-state index < -0.39 is 0 Å². The number of hydrogen-bond donors (Lipinski definition) is 1. The van der Waals surface area contributed by atoms with Gasteiger partial charge in [-0.05, 0) is 62.1 Å². The average Bonchev–Trinajstić information content (AvgIpc) is 3.06. The van der Waals surface area contributed by atoms with Crippen LogP contribution in [-0.4, -0.2) is 18.4 Å². The summed E-state index contributed by atoms with van der Waals surface area (Å²) in [5.74, 6) is 0.0687. The molecule has 1 heterocycles. The predicted molar refractivity (Wildman–Crippen MR) is 104 cm³/mol. The van der Waals surface area contributed by atoms with Crippen LogP contribution < -0.4 is 10.2 Å². The summed E-state index contributed by atoms with van der Waals surface area (Å²) in [6.45, 7) is 6.99. The molecule has 0 bridgehead atoms. The number of rotatable bonds is 5. The second-order valence-electron chi connectivity index (χ2n) is 6.99. The molecular formula is C22H26N2O2. The standard InChI is InChI=1S/C22H26N2O2/c1-4-20(19-12-7-15(2)14-16(19)3)23-22(26)17-8-10-18(11-9-17)24-13-5-6-21(24)25/h7-12,14,20H,4-6,13H2,1-3H3,(H,23,26)/t20-/m1/s1. The van der Waals surface area contributed by atoms with E-state index in [1.165, 1.54) is 11.1 Å². The van der Waals surface area contributed by atoms with E-state index in [1.54, 1.807) is 17.0 Å².